The van der Waals surface area contributed by atoms with E-state index in [1.807, 2.05) is 25.1 Å². The Morgan fingerprint density at radius 1 is 1.19 bits per heavy atom. The fourth-order valence-corrected chi connectivity index (χ4v) is 4.71. The maximum absolute atomic E-state index is 12.6. The Bertz CT molecular complexity index is 1140. The minimum absolute atomic E-state index is 0.0740. The first kappa shape index (κ1) is 19.5. The highest BCUT2D eigenvalue weighted by molar-refractivity contribution is 9.10. The highest BCUT2D eigenvalue weighted by Crippen LogP contribution is 2.26. The first-order valence-corrected chi connectivity index (χ1v) is 10.5. The number of hydrogen-bond acceptors (Lipinski definition) is 4. The highest BCUT2D eigenvalue weighted by Gasteiger charge is 2.20. The van der Waals surface area contributed by atoms with Crippen LogP contribution >= 0.6 is 15.9 Å². The van der Waals surface area contributed by atoms with Crippen LogP contribution in [0.3, 0.4) is 0 Å². The first-order valence-electron chi connectivity index (χ1n) is 8.20. The van der Waals surface area contributed by atoms with Gasteiger partial charge in [0.1, 0.15) is 0 Å². The molecule has 2 N–H and O–H groups in total. The van der Waals surface area contributed by atoms with Gasteiger partial charge in [-0.1, -0.05) is 22.0 Å². The Kier molecular flexibility index (Phi) is 5.36. The van der Waals surface area contributed by atoms with Gasteiger partial charge >= 0.3 is 0 Å². The Morgan fingerprint density at radius 2 is 1.93 bits per heavy atom. The quantitative estimate of drug-likeness (QED) is 0.436. The number of non-ortho nitro benzene ring substituents is 1. The number of nitrogens with zero attached hydrogens (tertiary/aromatic N) is 1. The number of fused-ring (bicyclic) bond motifs is 1. The van der Waals surface area contributed by atoms with Crippen molar-refractivity contribution in [2.75, 3.05) is 6.54 Å². The lowest BCUT2D eigenvalue weighted by molar-refractivity contribution is -0.385. The van der Waals surface area contributed by atoms with Gasteiger partial charge in [0.05, 0.1) is 9.82 Å². The zero-order chi connectivity index (χ0) is 19.8. The molecule has 9 heteroatoms. The summed E-state index contributed by atoms with van der Waals surface area (Å²) >= 11 is 3.45. The molecular formula is C18H18BrN3O4S. The SMILES string of the molecule is Cc1ccc([N+](=O)[O-])cc1S(=O)(=O)NCCc1c(C)[nH]c2ccc(Br)cc12. The monoisotopic (exact) mass is 451 g/mol. The molecule has 0 amide bonds. The third-order valence-corrected chi connectivity index (χ3v) is 6.52. The average molecular weight is 452 g/mol. The number of hydrogen-bond donors (Lipinski definition) is 2. The zero-order valence-corrected chi connectivity index (χ0v) is 17.1. The van der Waals surface area contributed by atoms with Crippen LogP contribution in [0.4, 0.5) is 5.69 Å². The third kappa shape index (κ3) is 4.05. The number of benzene rings is 2. The van der Waals surface area contributed by atoms with Crippen molar-refractivity contribution in [3.63, 3.8) is 0 Å². The van der Waals surface area contributed by atoms with Crippen LogP contribution in [0.2, 0.25) is 0 Å². The number of nitro groups is 1. The number of nitrogens with one attached hydrogen (secondary N) is 2. The van der Waals surface area contributed by atoms with E-state index < -0.39 is 14.9 Å². The second-order valence-corrected chi connectivity index (χ2v) is 8.92. The van der Waals surface area contributed by atoms with Gasteiger partial charge < -0.3 is 4.98 Å². The van der Waals surface area contributed by atoms with Crippen molar-refractivity contribution in [1.29, 1.82) is 0 Å². The van der Waals surface area contributed by atoms with Crippen molar-refractivity contribution in [3.05, 3.63) is 67.8 Å². The molecule has 0 aliphatic heterocycles. The van der Waals surface area contributed by atoms with Crippen LogP contribution < -0.4 is 4.72 Å². The molecule has 0 bridgehead atoms. The molecule has 0 saturated heterocycles. The minimum Gasteiger partial charge on any atom is -0.358 e. The molecule has 27 heavy (non-hydrogen) atoms. The molecule has 0 spiro atoms. The minimum atomic E-state index is -3.85. The largest absolute Gasteiger partial charge is 0.358 e. The van der Waals surface area contributed by atoms with E-state index >= 15 is 0 Å². The molecule has 0 atom stereocenters. The van der Waals surface area contributed by atoms with Gasteiger partial charge in [-0.05, 0) is 49.6 Å². The van der Waals surface area contributed by atoms with Crippen molar-refractivity contribution in [2.24, 2.45) is 0 Å². The molecule has 0 aliphatic rings. The van der Waals surface area contributed by atoms with Crippen LogP contribution in [0.1, 0.15) is 16.8 Å². The average Bonchev–Trinajstić information content (AvgIpc) is 2.90. The number of aromatic nitrogens is 1. The molecule has 3 aromatic rings. The highest BCUT2D eigenvalue weighted by atomic mass is 79.9. The molecule has 0 unspecified atom stereocenters. The predicted molar refractivity (Wildman–Crippen MR) is 107 cm³/mol. The molecule has 0 fully saturated rings. The maximum Gasteiger partial charge on any atom is 0.270 e. The molecular weight excluding hydrogens is 434 g/mol. The molecule has 0 aliphatic carbocycles. The van der Waals surface area contributed by atoms with Gasteiger partial charge in [-0.2, -0.15) is 0 Å². The topological polar surface area (TPSA) is 105 Å². The second kappa shape index (κ2) is 7.41. The van der Waals surface area contributed by atoms with Crippen LogP contribution in [-0.4, -0.2) is 24.9 Å². The summed E-state index contributed by atoms with van der Waals surface area (Å²) in [6.07, 6.45) is 0.496. The fraction of sp³-hybridized carbons (Fsp3) is 0.222. The number of H-pyrrole nitrogens is 1. The zero-order valence-electron chi connectivity index (χ0n) is 14.7. The van der Waals surface area contributed by atoms with Gasteiger partial charge in [-0.15, -0.1) is 0 Å². The lowest BCUT2D eigenvalue weighted by Gasteiger charge is -2.09. The van der Waals surface area contributed by atoms with E-state index in [9.17, 15) is 18.5 Å². The van der Waals surface area contributed by atoms with Crippen molar-refractivity contribution in [3.8, 4) is 0 Å². The molecule has 7 nitrogen and oxygen atoms in total. The van der Waals surface area contributed by atoms with E-state index in [1.54, 1.807) is 6.92 Å². The molecule has 3 rings (SSSR count). The van der Waals surface area contributed by atoms with E-state index in [0.29, 0.717) is 12.0 Å². The number of halogens is 1. The van der Waals surface area contributed by atoms with Gasteiger partial charge in [0.15, 0.2) is 0 Å². The maximum atomic E-state index is 12.6. The van der Waals surface area contributed by atoms with E-state index in [1.165, 1.54) is 12.1 Å². The smallest absolute Gasteiger partial charge is 0.270 e. The van der Waals surface area contributed by atoms with Gasteiger partial charge in [-0.25, -0.2) is 13.1 Å². The lowest BCUT2D eigenvalue weighted by atomic mass is 10.1. The van der Waals surface area contributed by atoms with Gasteiger partial charge in [0, 0.05) is 39.7 Å². The van der Waals surface area contributed by atoms with Crippen LogP contribution in [0, 0.1) is 24.0 Å². The van der Waals surface area contributed by atoms with Crippen LogP contribution in [0.15, 0.2) is 45.8 Å². The van der Waals surface area contributed by atoms with Crippen molar-refractivity contribution in [2.45, 2.75) is 25.2 Å². The standard InChI is InChI=1S/C18H18BrN3O4S/c1-11-3-5-14(22(23)24)10-18(11)27(25,26)20-8-7-15-12(2)21-17-6-4-13(19)9-16(15)17/h3-6,9-10,20-21H,7-8H2,1-2H3. The normalized spacial score (nSPS) is 11.8. The van der Waals surface area contributed by atoms with Gasteiger partial charge in [-0.3, -0.25) is 10.1 Å². The second-order valence-electron chi connectivity index (χ2n) is 6.27. The summed E-state index contributed by atoms with van der Waals surface area (Å²) in [5.74, 6) is 0. The van der Waals surface area contributed by atoms with Crippen LogP contribution in [0.5, 0.6) is 0 Å². The number of aryl methyl sites for hydroxylation is 2. The van der Waals surface area contributed by atoms with Gasteiger partial charge in [0.2, 0.25) is 10.0 Å². The summed E-state index contributed by atoms with van der Waals surface area (Å²) in [7, 11) is -3.85. The summed E-state index contributed by atoms with van der Waals surface area (Å²) in [4.78, 5) is 13.5. The van der Waals surface area contributed by atoms with E-state index in [0.717, 1.165) is 32.7 Å². The van der Waals surface area contributed by atoms with Crippen LogP contribution in [0.25, 0.3) is 10.9 Å². The van der Waals surface area contributed by atoms with E-state index in [2.05, 4.69) is 25.6 Å². The molecule has 0 radical (unpaired) electrons. The molecule has 2 aromatic carbocycles. The number of nitro benzene ring substituents is 1. The molecule has 1 heterocycles. The molecule has 142 valence electrons. The Hall–Kier alpha value is -2.23. The van der Waals surface area contributed by atoms with Crippen molar-refractivity contribution >= 4 is 42.5 Å². The predicted octanol–water partition coefficient (Wildman–Crippen LogP) is 3.98. The summed E-state index contributed by atoms with van der Waals surface area (Å²) < 4.78 is 28.7. The first-order chi connectivity index (χ1) is 12.7. The number of sulfonamides is 1. The summed E-state index contributed by atoms with van der Waals surface area (Å²) in [5.41, 5.74) is 3.21. The third-order valence-electron chi connectivity index (χ3n) is 4.42. The summed E-state index contributed by atoms with van der Waals surface area (Å²) in [5, 5.41) is 12.0. The molecule has 1 aromatic heterocycles. The Balaban J connectivity index is 1.81. The van der Waals surface area contributed by atoms with Crippen molar-refractivity contribution < 1.29 is 13.3 Å². The summed E-state index contributed by atoms with van der Waals surface area (Å²) in [6.45, 7) is 3.74. The number of rotatable bonds is 6. The Morgan fingerprint density at radius 3 is 2.63 bits per heavy atom. The van der Waals surface area contributed by atoms with Crippen LogP contribution in [-0.2, 0) is 16.4 Å². The molecule has 0 saturated carbocycles. The Labute approximate surface area is 165 Å². The van der Waals surface area contributed by atoms with Gasteiger partial charge in [0.25, 0.3) is 5.69 Å². The van der Waals surface area contributed by atoms with E-state index in [-0.39, 0.29) is 17.1 Å². The lowest BCUT2D eigenvalue weighted by Crippen LogP contribution is -2.26. The van der Waals surface area contributed by atoms with E-state index in [4.69, 9.17) is 0 Å². The number of aromatic amines is 1. The summed E-state index contributed by atoms with van der Waals surface area (Å²) in [6, 6.07) is 9.72. The van der Waals surface area contributed by atoms with Crippen molar-refractivity contribution in [1.82, 2.24) is 9.71 Å². The fourth-order valence-electron chi connectivity index (χ4n) is 3.06.